The van der Waals surface area contributed by atoms with E-state index >= 15 is 0 Å². The highest BCUT2D eigenvalue weighted by Gasteiger charge is 2.18. The van der Waals surface area contributed by atoms with Crippen LogP contribution in [0.4, 0.5) is 14.9 Å². The van der Waals surface area contributed by atoms with Crippen LogP contribution in [0, 0.1) is 5.82 Å². The first kappa shape index (κ1) is 24.8. The number of benzene rings is 3. The lowest BCUT2D eigenvalue weighted by molar-refractivity contribution is 0.251. The molecule has 0 spiro atoms. The number of ether oxygens (including phenoxy) is 1. The van der Waals surface area contributed by atoms with E-state index in [2.05, 4.69) is 20.8 Å². The van der Waals surface area contributed by atoms with Gasteiger partial charge in [0.2, 0.25) is 0 Å². The monoisotopic (exact) mass is 531 g/mol. The number of methoxy groups -OCH3 is 1. The van der Waals surface area contributed by atoms with E-state index in [-0.39, 0.29) is 12.4 Å². The van der Waals surface area contributed by atoms with Crippen LogP contribution in [0.3, 0.4) is 0 Å². The standard InChI is InChI=1S/C24H20Cl2FN5O2S/c1-34-19-4-2-3-18(12-19)29-23(33)28-13-22-30-31-24(35-14-15-5-8-17(27)9-6-15)32(22)21-11-16(25)7-10-20(21)26/h2-12H,13-14H2,1H3,(H2,28,29,33). The van der Waals surface area contributed by atoms with E-state index in [1.54, 1.807) is 66.3 Å². The number of nitrogens with zero attached hydrogens (tertiary/aromatic N) is 3. The number of aromatic nitrogens is 3. The molecule has 2 N–H and O–H groups in total. The fourth-order valence-corrected chi connectivity index (χ4v) is 4.46. The normalized spacial score (nSPS) is 10.7. The molecule has 0 radical (unpaired) electrons. The molecule has 0 atom stereocenters. The van der Waals surface area contributed by atoms with E-state index < -0.39 is 6.03 Å². The van der Waals surface area contributed by atoms with Crippen molar-refractivity contribution >= 4 is 46.7 Å². The van der Waals surface area contributed by atoms with Gasteiger partial charge in [-0.3, -0.25) is 4.57 Å². The summed E-state index contributed by atoms with van der Waals surface area (Å²) in [5.41, 5.74) is 2.08. The van der Waals surface area contributed by atoms with Gasteiger partial charge in [-0.15, -0.1) is 10.2 Å². The largest absolute Gasteiger partial charge is 0.497 e. The number of rotatable bonds is 8. The zero-order valence-corrected chi connectivity index (χ0v) is 20.8. The van der Waals surface area contributed by atoms with E-state index in [0.717, 1.165) is 5.56 Å². The van der Waals surface area contributed by atoms with Crippen molar-refractivity contribution in [1.29, 1.82) is 0 Å². The summed E-state index contributed by atoms with van der Waals surface area (Å²) < 4.78 is 20.2. The predicted octanol–water partition coefficient (Wildman–Crippen LogP) is 6.34. The Labute approximate surface area is 215 Å². The van der Waals surface area contributed by atoms with Crippen LogP contribution in [0.5, 0.6) is 5.75 Å². The number of carbonyl (C=O) groups is 1. The van der Waals surface area contributed by atoms with Crippen LogP contribution in [-0.4, -0.2) is 27.9 Å². The second-order valence-electron chi connectivity index (χ2n) is 7.28. The van der Waals surface area contributed by atoms with Crippen molar-refractivity contribution in [1.82, 2.24) is 20.1 Å². The third-order valence-corrected chi connectivity index (χ3v) is 6.42. The number of hydrogen-bond acceptors (Lipinski definition) is 5. The Kier molecular flexibility index (Phi) is 8.12. The molecule has 35 heavy (non-hydrogen) atoms. The number of urea groups is 1. The van der Waals surface area contributed by atoms with Gasteiger partial charge in [0.05, 0.1) is 24.4 Å². The zero-order valence-electron chi connectivity index (χ0n) is 18.5. The van der Waals surface area contributed by atoms with Gasteiger partial charge in [0, 0.05) is 22.5 Å². The quantitative estimate of drug-likeness (QED) is 0.259. The maximum absolute atomic E-state index is 13.2. The highest BCUT2D eigenvalue weighted by atomic mass is 35.5. The topological polar surface area (TPSA) is 81.1 Å². The molecule has 4 aromatic rings. The molecule has 0 bridgehead atoms. The zero-order chi connectivity index (χ0) is 24.8. The fourth-order valence-electron chi connectivity index (χ4n) is 3.17. The van der Waals surface area contributed by atoms with Crippen LogP contribution in [0.15, 0.2) is 71.9 Å². The summed E-state index contributed by atoms with van der Waals surface area (Å²) in [6, 6.07) is 17.9. The van der Waals surface area contributed by atoms with E-state index in [1.807, 2.05) is 0 Å². The van der Waals surface area contributed by atoms with E-state index in [4.69, 9.17) is 27.9 Å². The minimum atomic E-state index is -0.425. The van der Waals surface area contributed by atoms with Gasteiger partial charge < -0.3 is 15.4 Å². The molecule has 3 aromatic carbocycles. The molecule has 7 nitrogen and oxygen atoms in total. The van der Waals surface area contributed by atoms with Gasteiger partial charge >= 0.3 is 6.03 Å². The molecule has 0 aliphatic carbocycles. The van der Waals surface area contributed by atoms with Crippen molar-refractivity contribution in [2.75, 3.05) is 12.4 Å². The Hall–Kier alpha value is -3.27. The van der Waals surface area contributed by atoms with E-state index in [9.17, 15) is 9.18 Å². The Morgan fingerprint density at radius 1 is 1.09 bits per heavy atom. The number of anilines is 1. The lowest BCUT2D eigenvalue weighted by Gasteiger charge is -2.13. The van der Waals surface area contributed by atoms with Gasteiger partial charge in [0.25, 0.3) is 0 Å². The first-order chi connectivity index (χ1) is 16.9. The van der Waals surface area contributed by atoms with Crippen molar-refractivity contribution < 1.29 is 13.9 Å². The Morgan fingerprint density at radius 3 is 2.66 bits per heavy atom. The average Bonchev–Trinajstić information content (AvgIpc) is 3.26. The lowest BCUT2D eigenvalue weighted by Crippen LogP contribution is -2.29. The van der Waals surface area contributed by atoms with Gasteiger partial charge in [0.1, 0.15) is 11.6 Å². The van der Waals surface area contributed by atoms with Crippen LogP contribution >= 0.6 is 35.0 Å². The highest BCUT2D eigenvalue weighted by Crippen LogP contribution is 2.31. The van der Waals surface area contributed by atoms with E-state index in [0.29, 0.717) is 43.9 Å². The average molecular weight is 532 g/mol. The maximum Gasteiger partial charge on any atom is 0.319 e. The molecular weight excluding hydrogens is 512 g/mol. The van der Waals surface area contributed by atoms with Crippen molar-refractivity contribution in [2.24, 2.45) is 0 Å². The van der Waals surface area contributed by atoms with Crippen molar-refractivity contribution in [2.45, 2.75) is 17.5 Å². The first-order valence-electron chi connectivity index (χ1n) is 10.4. The molecule has 0 fully saturated rings. The molecule has 11 heteroatoms. The SMILES string of the molecule is COc1cccc(NC(=O)NCc2nnc(SCc3ccc(F)cc3)n2-c2cc(Cl)ccc2Cl)c1. The molecule has 2 amide bonds. The van der Waals surface area contributed by atoms with Crippen LogP contribution in [0.2, 0.25) is 10.0 Å². The number of amides is 2. The maximum atomic E-state index is 13.2. The third kappa shape index (κ3) is 6.45. The summed E-state index contributed by atoms with van der Waals surface area (Å²) >= 11 is 14.1. The molecule has 0 aliphatic rings. The predicted molar refractivity (Wildman–Crippen MR) is 136 cm³/mol. The smallest absolute Gasteiger partial charge is 0.319 e. The summed E-state index contributed by atoms with van der Waals surface area (Å²) in [4.78, 5) is 12.5. The number of thioether (sulfide) groups is 1. The number of nitrogens with one attached hydrogen (secondary N) is 2. The molecule has 1 aromatic heterocycles. The van der Waals surface area contributed by atoms with Gasteiger partial charge in [-0.05, 0) is 48.0 Å². The minimum absolute atomic E-state index is 0.0722. The highest BCUT2D eigenvalue weighted by molar-refractivity contribution is 7.98. The number of hydrogen-bond donors (Lipinski definition) is 2. The first-order valence-corrected chi connectivity index (χ1v) is 12.1. The molecule has 4 rings (SSSR count). The molecule has 180 valence electrons. The van der Waals surface area contributed by atoms with Crippen LogP contribution in [0.1, 0.15) is 11.4 Å². The number of carbonyl (C=O) groups excluding carboxylic acids is 1. The van der Waals surface area contributed by atoms with Crippen molar-refractivity contribution in [3.8, 4) is 11.4 Å². The molecule has 1 heterocycles. The minimum Gasteiger partial charge on any atom is -0.497 e. The van der Waals surface area contributed by atoms with E-state index in [1.165, 1.54) is 23.9 Å². The third-order valence-electron chi connectivity index (χ3n) is 4.87. The van der Waals surface area contributed by atoms with Gasteiger partial charge in [-0.2, -0.15) is 0 Å². The molecule has 0 saturated heterocycles. The van der Waals surface area contributed by atoms with Crippen LogP contribution in [-0.2, 0) is 12.3 Å². The number of halogens is 3. The second-order valence-corrected chi connectivity index (χ2v) is 9.07. The molecule has 0 saturated carbocycles. The molecule has 0 unspecified atom stereocenters. The molecule has 0 aliphatic heterocycles. The molecular formula is C24H20Cl2FN5O2S. The van der Waals surface area contributed by atoms with Gasteiger partial charge in [-0.25, -0.2) is 9.18 Å². The summed E-state index contributed by atoms with van der Waals surface area (Å²) in [5.74, 6) is 1.31. The summed E-state index contributed by atoms with van der Waals surface area (Å²) in [6.45, 7) is 0.0722. The lowest BCUT2D eigenvalue weighted by atomic mass is 10.2. The summed E-state index contributed by atoms with van der Waals surface area (Å²) in [6.07, 6.45) is 0. The van der Waals surface area contributed by atoms with Crippen molar-refractivity contribution in [3.05, 3.63) is 94.0 Å². The fraction of sp³-hybridized carbons (Fsp3) is 0.125. The van der Waals surface area contributed by atoms with Crippen molar-refractivity contribution in [3.63, 3.8) is 0 Å². The summed E-state index contributed by atoms with van der Waals surface area (Å²) in [7, 11) is 1.55. The summed E-state index contributed by atoms with van der Waals surface area (Å²) in [5, 5.41) is 15.6. The van der Waals surface area contributed by atoms with Crippen LogP contribution < -0.4 is 15.4 Å². The van der Waals surface area contributed by atoms with Gasteiger partial charge in [0.15, 0.2) is 11.0 Å². The second kappa shape index (κ2) is 11.4. The van der Waals surface area contributed by atoms with Gasteiger partial charge in [-0.1, -0.05) is 53.2 Å². The Balaban J connectivity index is 1.54. The Morgan fingerprint density at radius 2 is 1.89 bits per heavy atom. The van der Waals surface area contributed by atoms with Crippen LogP contribution in [0.25, 0.3) is 5.69 Å². The Bertz CT molecular complexity index is 1330.